The number of hydrogen-bond donors (Lipinski definition) is 1. The maximum absolute atomic E-state index is 13.1. The summed E-state index contributed by atoms with van der Waals surface area (Å²) < 4.78 is 18.2. The molecule has 4 heteroatoms. The van der Waals surface area contributed by atoms with E-state index >= 15 is 0 Å². The third kappa shape index (κ3) is 4.73. The normalized spacial score (nSPS) is 12.2. The van der Waals surface area contributed by atoms with E-state index in [9.17, 15) is 4.39 Å². The van der Waals surface area contributed by atoms with Crippen LogP contribution >= 0.6 is 11.6 Å². The van der Waals surface area contributed by atoms with E-state index in [1.54, 1.807) is 19.2 Å². The predicted molar refractivity (Wildman–Crippen MR) is 84.4 cm³/mol. The van der Waals surface area contributed by atoms with E-state index in [-0.39, 0.29) is 10.8 Å². The van der Waals surface area contributed by atoms with E-state index in [0.717, 1.165) is 17.7 Å². The fraction of sp³-hybridized carbons (Fsp3) is 0.294. The smallest absolute Gasteiger partial charge is 0.141 e. The zero-order valence-electron chi connectivity index (χ0n) is 12.2. The molecule has 0 aromatic heterocycles. The van der Waals surface area contributed by atoms with E-state index in [4.69, 9.17) is 16.3 Å². The van der Waals surface area contributed by atoms with Crippen LogP contribution in [-0.2, 0) is 13.0 Å². The molecule has 1 atom stereocenters. The molecular formula is C17H19ClFNO. The molecule has 0 radical (unpaired) electrons. The molecular weight excluding hydrogens is 289 g/mol. The highest BCUT2D eigenvalue weighted by atomic mass is 35.5. The zero-order chi connectivity index (χ0) is 15.2. The van der Waals surface area contributed by atoms with Crippen LogP contribution in [0.15, 0.2) is 42.5 Å². The lowest BCUT2D eigenvalue weighted by atomic mass is 10.1. The van der Waals surface area contributed by atoms with Crippen LogP contribution < -0.4 is 10.1 Å². The van der Waals surface area contributed by atoms with Gasteiger partial charge >= 0.3 is 0 Å². The quantitative estimate of drug-likeness (QED) is 0.863. The molecule has 0 amide bonds. The largest absolute Gasteiger partial charge is 0.497 e. The van der Waals surface area contributed by atoms with Crippen molar-refractivity contribution in [3.63, 3.8) is 0 Å². The number of rotatable bonds is 6. The molecule has 2 aromatic rings. The maximum Gasteiger partial charge on any atom is 0.141 e. The van der Waals surface area contributed by atoms with Crippen molar-refractivity contribution in [2.24, 2.45) is 0 Å². The molecule has 21 heavy (non-hydrogen) atoms. The van der Waals surface area contributed by atoms with Gasteiger partial charge in [0.2, 0.25) is 0 Å². The van der Waals surface area contributed by atoms with E-state index in [2.05, 4.69) is 24.4 Å². The van der Waals surface area contributed by atoms with Gasteiger partial charge in [0.25, 0.3) is 0 Å². The van der Waals surface area contributed by atoms with Crippen molar-refractivity contribution in [1.29, 1.82) is 0 Å². The molecule has 1 N–H and O–H groups in total. The summed E-state index contributed by atoms with van der Waals surface area (Å²) in [5, 5.41) is 3.57. The summed E-state index contributed by atoms with van der Waals surface area (Å²) >= 11 is 5.77. The molecule has 0 aliphatic rings. The highest BCUT2D eigenvalue weighted by molar-refractivity contribution is 6.30. The number of benzene rings is 2. The number of ether oxygens (including phenoxy) is 1. The SMILES string of the molecule is COc1ccc(CC(C)NCc2ccc(F)c(Cl)c2)cc1. The summed E-state index contributed by atoms with van der Waals surface area (Å²) in [5.41, 5.74) is 2.22. The molecule has 0 spiro atoms. The van der Waals surface area contributed by atoms with E-state index in [1.807, 2.05) is 12.1 Å². The maximum atomic E-state index is 13.1. The van der Waals surface area contributed by atoms with Gasteiger partial charge in [0, 0.05) is 12.6 Å². The van der Waals surface area contributed by atoms with E-state index in [0.29, 0.717) is 12.6 Å². The second-order valence-electron chi connectivity index (χ2n) is 5.08. The molecule has 2 rings (SSSR count). The third-order valence-corrected chi connectivity index (χ3v) is 3.63. The monoisotopic (exact) mass is 307 g/mol. The molecule has 0 saturated heterocycles. The average molecular weight is 308 g/mol. The Morgan fingerprint density at radius 2 is 1.81 bits per heavy atom. The van der Waals surface area contributed by atoms with Gasteiger partial charge in [-0.15, -0.1) is 0 Å². The van der Waals surface area contributed by atoms with Crippen LogP contribution in [0.25, 0.3) is 0 Å². The predicted octanol–water partition coefficient (Wildman–Crippen LogP) is 4.21. The first-order chi connectivity index (χ1) is 10.1. The van der Waals surface area contributed by atoms with Gasteiger partial charge < -0.3 is 10.1 Å². The molecule has 0 saturated carbocycles. The minimum absolute atomic E-state index is 0.164. The molecule has 2 nitrogen and oxygen atoms in total. The van der Waals surface area contributed by atoms with Crippen molar-refractivity contribution in [3.05, 3.63) is 64.4 Å². The molecule has 0 fully saturated rings. The van der Waals surface area contributed by atoms with Gasteiger partial charge in [-0.25, -0.2) is 4.39 Å². The Hall–Kier alpha value is -1.58. The van der Waals surface area contributed by atoms with Gasteiger partial charge in [0.15, 0.2) is 0 Å². The van der Waals surface area contributed by atoms with Crippen LogP contribution in [0.4, 0.5) is 4.39 Å². The number of hydrogen-bond acceptors (Lipinski definition) is 2. The van der Waals surface area contributed by atoms with Gasteiger partial charge in [-0.2, -0.15) is 0 Å². The minimum Gasteiger partial charge on any atom is -0.497 e. The second kappa shape index (κ2) is 7.43. The summed E-state index contributed by atoms with van der Waals surface area (Å²) in [7, 11) is 1.66. The fourth-order valence-corrected chi connectivity index (χ4v) is 2.33. The lowest BCUT2D eigenvalue weighted by molar-refractivity contribution is 0.414. The second-order valence-corrected chi connectivity index (χ2v) is 5.49. The first-order valence-electron chi connectivity index (χ1n) is 6.88. The Morgan fingerprint density at radius 1 is 1.14 bits per heavy atom. The minimum atomic E-state index is -0.383. The van der Waals surface area contributed by atoms with Crippen molar-refractivity contribution in [2.75, 3.05) is 7.11 Å². The molecule has 0 heterocycles. The van der Waals surface area contributed by atoms with Gasteiger partial charge in [-0.1, -0.05) is 29.8 Å². The highest BCUT2D eigenvalue weighted by Crippen LogP contribution is 2.16. The van der Waals surface area contributed by atoms with Gasteiger partial charge in [0.05, 0.1) is 12.1 Å². The van der Waals surface area contributed by atoms with Gasteiger partial charge in [-0.3, -0.25) is 0 Å². The van der Waals surface area contributed by atoms with Crippen molar-refractivity contribution >= 4 is 11.6 Å². The lowest BCUT2D eigenvalue weighted by Crippen LogP contribution is -2.27. The highest BCUT2D eigenvalue weighted by Gasteiger charge is 2.05. The summed E-state index contributed by atoms with van der Waals surface area (Å²) in [4.78, 5) is 0. The first kappa shape index (κ1) is 15.8. The van der Waals surface area contributed by atoms with E-state index in [1.165, 1.54) is 11.6 Å². The fourth-order valence-electron chi connectivity index (χ4n) is 2.13. The standard InChI is InChI=1S/C17H19ClFNO/c1-12(9-13-3-6-15(21-2)7-4-13)20-11-14-5-8-17(19)16(18)10-14/h3-8,10,12,20H,9,11H2,1-2H3. The molecule has 112 valence electrons. The molecule has 0 aliphatic heterocycles. The molecule has 0 aliphatic carbocycles. The summed E-state index contributed by atoms with van der Waals surface area (Å²) in [5.74, 6) is 0.479. The number of nitrogens with one attached hydrogen (secondary N) is 1. The third-order valence-electron chi connectivity index (χ3n) is 3.34. The van der Waals surface area contributed by atoms with Crippen LogP contribution in [0.2, 0.25) is 5.02 Å². The van der Waals surface area contributed by atoms with Crippen LogP contribution in [-0.4, -0.2) is 13.2 Å². The molecule has 1 unspecified atom stereocenters. The number of halogens is 2. The molecule has 0 bridgehead atoms. The van der Waals surface area contributed by atoms with Gasteiger partial charge in [-0.05, 0) is 48.7 Å². The van der Waals surface area contributed by atoms with Crippen LogP contribution in [0.1, 0.15) is 18.1 Å². The Bertz CT molecular complexity index is 586. The van der Waals surface area contributed by atoms with Crippen molar-refractivity contribution in [3.8, 4) is 5.75 Å². The Labute approximate surface area is 129 Å². The van der Waals surface area contributed by atoms with Crippen LogP contribution in [0, 0.1) is 5.82 Å². The Kier molecular flexibility index (Phi) is 5.59. The van der Waals surface area contributed by atoms with E-state index < -0.39 is 0 Å². The van der Waals surface area contributed by atoms with Crippen molar-refractivity contribution in [2.45, 2.75) is 25.9 Å². The zero-order valence-corrected chi connectivity index (χ0v) is 13.0. The van der Waals surface area contributed by atoms with Gasteiger partial charge in [0.1, 0.15) is 11.6 Å². The Balaban J connectivity index is 1.86. The summed E-state index contributed by atoms with van der Waals surface area (Å²) in [6.45, 7) is 2.78. The van der Waals surface area contributed by atoms with Crippen LogP contribution in [0.3, 0.4) is 0 Å². The topological polar surface area (TPSA) is 21.3 Å². The summed E-state index contributed by atoms with van der Waals surface area (Å²) in [6, 6.07) is 13.1. The van der Waals surface area contributed by atoms with Crippen molar-refractivity contribution < 1.29 is 9.13 Å². The first-order valence-corrected chi connectivity index (χ1v) is 7.26. The summed E-state index contributed by atoms with van der Waals surface area (Å²) in [6.07, 6.45) is 0.916. The number of methoxy groups -OCH3 is 1. The molecule has 2 aromatic carbocycles. The Morgan fingerprint density at radius 3 is 2.43 bits per heavy atom. The lowest BCUT2D eigenvalue weighted by Gasteiger charge is -2.14. The van der Waals surface area contributed by atoms with Crippen molar-refractivity contribution in [1.82, 2.24) is 5.32 Å². The average Bonchev–Trinajstić information content (AvgIpc) is 2.49. The van der Waals surface area contributed by atoms with Crippen LogP contribution in [0.5, 0.6) is 5.75 Å².